The van der Waals surface area contributed by atoms with E-state index in [9.17, 15) is 13.2 Å². The lowest BCUT2D eigenvalue weighted by Crippen LogP contribution is -2.27. The fraction of sp³-hybridized carbons (Fsp3) is 0.269. The molecular weight excluding hydrogens is 452 g/mol. The molecule has 0 spiro atoms. The van der Waals surface area contributed by atoms with Gasteiger partial charge in [0.05, 0.1) is 10.9 Å². The van der Waals surface area contributed by atoms with Crippen molar-refractivity contribution >= 4 is 27.7 Å². The quantitative estimate of drug-likeness (QED) is 0.387. The van der Waals surface area contributed by atoms with E-state index in [-0.39, 0.29) is 16.8 Å². The topological polar surface area (TPSA) is 75.3 Å². The Bertz CT molecular complexity index is 1130. The molecule has 0 fully saturated rings. The van der Waals surface area contributed by atoms with Gasteiger partial charge in [-0.2, -0.15) is 0 Å². The van der Waals surface area contributed by atoms with Gasteiger partial charge in [-0.25, -0.2) is 13.1 Å². The van der Waals surface area contributed by atoms with Crippen LogP contribution in [0.25, 0.3) is 0 Å². The van der Waals surface area contributed by atoms with Crippen LogP contribution in [-0.2, 0) is 27.7 Å². The Hall–Kier alpha value is -2.61. The molecule has 174 valence electrons. The second-order valence-electron chi connectivity index (χ2n) is 7.84. The zero-order valence-corrected chi connectivity index (χ0v) is 20.6. The van der Waals surface area contributed by atoms with Crippen molar-refractivity contribution in [2.75, 3.05) is 12.8 Å². The molecular formula is C26H30N2O3S2. The minimum Gasteiger partial charge on any atom is -0.350 e. The van der Waals surface area contributed by atoms with Crippen LogP contribution in [0.2, 0.25) is 0 Å². The van der Waals surface area contributed by atoms with Gasteiger partial charge in [0.25, 0.3) is 0 Å². The molecule has 2 N–H and O–H groups in total. The monoisotopic (exact) mass is 482 g/mol. The summed E-state index contributed by atoms with van der Waals surface area (Å²) in [7, 11) is -3.56. The van der Waals surface area contributed by atoms with Crippen molar-refractivity contribution in [3.63, 3.8) is 0 Å². The summed E-state index contributed by atoms with van der Waals surface area (Å²) in [6.45, 7) is 2.31. The predicted molar refractivity (Wildman–Crippen MR) is 135 cm³/mol. The van der Waals surface area contributed by atoms with Gasteiger partial charge in [0.15, 0.2) is 0 Å². The van der Waals surface area contributed by atoms with Crippen LogP contribution in [0.15, 0.2) is 88.7 Å². The summed E-state index contributed by atoms with van der Waals surface area (Å²) in [5.74, 6) is -0.0317. The van der Waals surface area contributed by atoms with Gasteiger partial charge in [0.1, 0.15) is 0 Å². The number of hydrogen-bond acceptors (Lipinski definition) is 4. The molecule has 3 aromatic carbocycles. The molecule has 33 heavy (non-hydrogen) atoms. The molecule has 0 saturated carbocycles. The molecule has 0 bridgehead atoms. The smallest absolute Gasteiger partial charge is 0.240 e. The first-order valence-electron chi connectivity index (χ1n) is 10.9. The molecule has 0 aliphatic heterocycles. The van der Waals surface area contributed by atoms with Crippen LogP contribution in [-0.4, -0.2) is 27.1 Å². The lowest BCUT2D eigenvalue weighted by molar-refractivity contribution is -0.121. The van der Waals surface area contributed by atoms with Crippen molar-refractivity contribution in [3.8, 4) is 0 Å². The van der Waals surface area contributed by atoms with E-state index in [4.69, 9.17) is 0 Å². The van der Waals surface area contributed by atoms with Crippen molar-refractivity contribution in [3.05, 3.63) is 95.6 Å². The first kappa shape index (κ1) is 25.0. The van der Waals surface area contributed by atoms with E-state index in [1.165, 1.54) is 4.90 Å². The fourth-order valence-corrected chi connectivity index (χ4v) is 4.88. The van der Waals surface area contributed by atoms with Crippen molar-refractivity contribution in [1.82, 2.24) is 10.0 Å². The lowest BCUT2D eigenvalue weighted by atomic mass is 10.1. The summed E-state index contributed by atoms with van der Waals surface area (Å²) >= 11 is 1.69. The maximum absolute atomic E-state index is 12.5. The third kappa shape index (κ3) is 7.74. The number of sulfonamides is 1. The van der Waals surface area contributed by atoms with Gasteiger partial charge in [-0.05, 0) is 67.0 Å². The number of rotatable bonds is 11. The molecule has 0 unspecified atom stereocenters. The first-order chi connectivity index (χ1) is 15.9. The Morgan fingerprint density at radius 2 is 1.52 bits per heavy atom. The second-order valence-corrected chi connectivity index (χ2v) is 10.5. The predicted octanol–water partition coefficient (Wildman–Crippen LogP) is 4.74. The van der Waals surface area contributed by atoms with Crippen LogP contribution < -0.4 is 10.0 Å². The van der Waals surface area contributed by atoms with Gasteiger partial charge in [0, 0.05) is 17.9 Å². The zero-order valence-electron chi connectivity index (χ0n) is 19.0. The van der Waals surface area contributed by atoms with Crippen LogP contribution >= 0.6 is 11.8 Å². The molecule has 1 amide bonds. The number of benzene rings is 3. The van der Waals surface area contributed by atoms with Crippen molar-refractivity contribution in [2.24, 2.45) is 0 Å². The van der Waals surface area contributed by atoms with Crippen molar-refractivity contribution < 1.29 is 13.2 Å². The van der Waals surface area contributed by atoms with Crippen LogP contribution in [0.3, 0.4) is 0 Å². The molecule has 3 rings (SSSR count). The maximum Gasteiger partial charge on any atom is 0.240 e. The molecule has 5 nitrogen and oxygen atoms in total. The standard InChI is InChI=1S/C26H30N2O3S2/c1-20(23-11-13-24(32-2)14-12-23)28-26(29)17-10-22-8-15-25(16-9-22)33(30,31)27-19-18-21-6-4-3-5-7-21/h3-9,11-16,20,27H,10,17-19H2,1-2H3,(H,28,29)/t20-/m1/s1. The van der Waals surface area contributed by atoms with Gasteiger partial charge in [-0.15, -0.1) is 11.8 Å². The van der Waals surface area contributed by atoms with Gasteiger partial charge in [-0.3, -0.25) is 4.79 Å². The molecule has 0 aromatic heterocycles. The Morgan fingerprint density at radius 3 is 2.15 bits per heavy atom. The zero-order chi connectivity index (χ0) is 23.7. The van der Waals surface area contributed by atoms with Crippen LogP contribution in [0.4, 0.5) is 0 Å². The van der Waals surface area contributed by atoms with E-state index in [1.807, 2.05) is 55.6 Å². The number of thioether (sulfide) groups is 1. The highest BCUT2D eigenvalue weighted by Crippen LogP contribution is 2.19. The Morgan fingerprint density at radius 1 is 0.879 bits per heavy atom. The summed E-state index contributed by atoms with van der Waals surface area (Å²) in [5, 5.41) is 3.02. The van der Waals surface area contributed by atoms with E-state index in [2.05, 4.69) is 22.2 Å². The number of hydrogen-bond donors (Lipinski definition) is 2. The van der Waals surface area contributed by atoms with Crippen LogP contribution in [0.1, 0.15) is 36.1 Å². The summed E-state index contributed by atoms with van der Waals surface area (Å²) in [5.41, 5.74) is 3.07. The van der Waals surface area contributed by atoms with E-state index in [0.717, 1.165) is 16.7 Å². The highest BCUT2D eigenvalue weighted by atomic mass is 32.2. The van der Waals surface area contributed by atoms with E-state index in [1.54, 1.807) is 36.0 Å². The summed E-state index contributed by atoms with van der Waals surface area (Å²) in [6.07, 6.45) is 3.55. The average Bonchev–Trinajstić information content (AvgIpc) is 2.83. The van der Waals surface area contributed by atoms with Gasteiger partial charge >= 0.3 is 0 Å². The third-order valence-corrected chi connectivity index (χ3v) is 7.64. The maximum atomic E-state index is 12.5. The Balaban J connectivity index is 1.46. The normalized spacial score (nSPS) is 12.3. The molecule has 1 atom stereocenters. The molecule has 0 heterocycles. The van der Waals surface area contributed by atoms with Crippen LogP contribution in [0.5, 0.6) is 0 Å². The van der Waals surface area contributed by atoms with Gasteiger partial charge in [0.2, 0.25) is 15.9 Å². The Kier molecular flexibility index (Phi) is 9.11. The molecule has 0 saturated heterocycles. The number of carbonyl (C=O) groups is 1. The molecule has 3 aromatic rings. The van der Waals surface area contributed by atoms with Gasteiger partial charge in [-0.1, -0.05) is 54.6 Å². The largest absolute Gasteiger partial charge is 0.350 e. The second kappa shape index (κ2) is 12.0. The number of carbonyl (C=O) groups excluding carboxylic acids is 1. The minimum atomic E-state index is -3.56. The summed E-state index contributed by atoms with van der Waals surface area (Å²) in [4.78, 5) is 13.8. The molecule has 0 aliphatic carbocycles. The fourth-order valence-electron chi connectivity index (χ4n) is 3.44. The number of amides is 1. The van der Waals surface area contributed by atoms with Crippen molar-refractivity contribution in [1.29, 1.82) is 0 Å². The highest BCUT2D eigenvalue weighted by molar-refractivity contribution is 7.98. The van der Waals surface area contributed by atoms with Crippen LogP contribution in [0, 0.1) is 0 Å². The molecule has 0 radical (unpaired) electrons. The van der Waals surface area contributed by atoms with Crippen molar-refractivity contribution in [2.45, 2.75) is 42.0 Å². The third-order valence-electron chi connectivity index (χ3n) is 5.42. The number of aryl methyl sites for hydroxylation is 1. The first-order valence-corrected chi connectivity index (χ1v) is 13.6. The average molecular weight is 483 g/mol. The number of nitrogens with one attached hydrogen (secondary N) is 2. The molecule has 0 aliphatic rings. The summed E-state index contributed by atoms with van der Waals surface area (Å²) in [6, 6.07) is 24.6. The molecule has 7 heteroatoms. The van der Waals surface area contributed by atoms with E-state index < -0.39 is 10.0 Å². The highest BCUT2D eigenvalue weighted by Gasteiger charge is 2.14. The Labute approximate surface area is 201 Å². The SMILES string of the molecule is CSc1ccc([C@@H](C)NC(=O)CCc2ccc(S(=O)(=O)NCCc3ccccc3)cc2)cc1. The minimum absolute atomic E-state index is 0.0317. The lowest BCUT2D eigenvalue weighted by Gasteiger charge is -2.15. The van der Waals surface area contributed by atoms with E-state index >= 15 is 0 Å². The van der Waals surface area contributed by atoms with E-state index in [0.29, 0.717) is 25.8 Å². The van der Waals surface area contributed by atoms with Gasteiger partial charge < -0.3 is 5.32 Å². The summed E-state index contributed by atoms with van der Waals surface area (Å²) < 4.78 is 27.7.